The summed E-state index contributed by atoms with van der Waals surface area (Å²) in [6, 6.07) is 11.6. The number of benzene rings is 2. The molecule has 2 aromatic rings. The summed E-state index contributed by atoms with van der Waals surface area (Å²) in [6.45, 7) is -0.186. The Kier molecular flexibility index (Phi) is 6.54. The van der Waals surface area contributed by atoms with Gasteiger partial charge in [0.25, 0.3) is 5.91 Å². The van der Waals surface area contributed by atoms with Gasteiger partial charge in [0.1, 0.15) is 5.75 Å². The SMILES string of the molecule is O=C(COc1ccccc1Cl)NCC(O)c1cc(Cl)cc(Cl)c1. The molecule has 2 aromatic carbocycles. The summed E-state index contributed by atoms with van der Waals surface area (Å²) in [4.78, 5) is 11.8. The minimum atomic E-state index is -0.921. The first-order valence-corrected chi connectivity index (χ1v) is 7.87. The molecule has 0 aliphatic rings. The maximum atomic E-state index is 11.8. The van der Waals surface area contributed by atoms with Crippen molar-refractivity contribution in [3.63, 3.8) is 0 Å². The highest BCUT2D eigenvalue weighted by atomic mass is 35.5. The number of aliphatic hydroxyl groups excluding tert-OH is 1. The van der Waals surface area contributed by atoms with E-state index >= 15 is 0 Å². The van der Waals surface area contributed by atoms with Crippen LogP contribution in [-0.2, 0) is 4.79 Å². The van der Waals surface area contributed by atoms with Crippen LogP contribution in [0.25, 0.3) is 0 Å². The predicted molar refractivity (Wildman–Crippen MR) is 91.4 cm³/mol. The van der Waals surface area contributed by atoms with Crippen molar-refractivity contribution in [2.75, 3.05) is 13.2 Å². The van der Waals surface area contributed by atoms with Crippen LogP contribution in [0.5, 0.6) is 5.75 Å². The average molecular weight is 375 g/mol. The molecule has 0 bridgehead atoms. The summed E-state index contributed by atoms with van der Waals surface area (Å²) in [5, 5.41) is 13.9. The lowest BCUT2D eigenvalue weighted by atomic mass is 10.1. The van der Waals surface area contributed by atoms with Gasteiger partial charge in [-0.1, -0.05) is 46.9 Å². The lowest BCUT2D eigenvalue weighted by molar-refractivity contribution is -0.123. The van der Waals surface area contributed by atoms with Crippen LogP contribution in [0.2, 0.25) is 15.1 Å². The van der Waals surface area contributed by atoms with E-state index in [9.17, 15) is 9.90 Å². The zero-order valence-electron chi connectivity index (χ0n) is 11.9. The van der Waals surface area contributed by atoms with Gasteiger partial charge in [-0.05, 0) is 35.9 Å². The van der Waals surface area contributed by atoms with E-state index < -0.39 is 6.10 Å². The van der Waals surface area contributed by atoms with Crippen LogP contribution in [-0.4, -0.2) is 24.2 Å². The van der Waals surface area contributed by atoms with Crippen molar-refractivity contribution in [2.45, 2.75) is 6.10 Å². The smallest absolute Gasteiger partial charge is 0.258 e. The molecule has 0 aromatic heterocycles. The molecule has 0 saturated heterocycles. The van der Waals surface area contributed by atoms with Crippen LogP contribution >= 0.6 is 34.8 Å². The van der Waals surface area contributed by atoms with Crippen LogP contribution in [0.15, 0.2) is 42.5 Å². The lowest BCUT2D eigenvalue weighted by Crippen LogP contribution is -2.32. The van der Waals surface area contributed by atoms with Crippen LogP contribution in [0.1, 0.15) is 11.7 Å². The quantitative estimate of drug-likeness (QED) is 0.807. The van der Waals surface area contributed by atoms with Crippen molar-refractivity contribution in [1.29, 1.82) is 0 Å². The Morgan fingerprint density at radius 2 is 1.78 bits per heavy atom. The van der Waals surface area contributed by atoms with Gasteiger partial charge in [0.15, 0.2) is 6.61 Å². The van der Waals surface area contributed by atoms with Gasteiger partial charge < -0.3 is 15.2 Å². The maximum absolute atomic E-state index is 11.8. The monoisotopic (exact) mass is 373 g/mol. The van der Waals surface area contributed by atoms with Gasteiger partial charge in [-0.25, -0.2) is 0 Å². The predicted octanol–water partition coefficient (Wildman–Crippen LogP) is 3.88. The van der Waals surface area contributed by atoms with Gasteiger partial charge in [-0.2, -0.15) is 0 Å². The van der Waals surface area contributed by atoms with E-state index in [1.165, 1.54) is 0 Å². The molecule has 0 aliphatic carbocycles. The first kappa shape index (κ1) is 17.9. The highest BCUT2D eigenvalue weighted by molar-refractivity contribution is 6.34. The summed E-state index contributed by atoms with van der Waals surface area (Å²) >= 11 is 17.7. The fraction of sp³-hybridized carbons (Fsp3) is 0.188. The van der Waals surface area contributed by atoms with Crippen LogP contribution in [0.3, 0.4) is 0 Å². The molecular weight excluding hydrogens is 361 g/mol. The molecule has 7 heteroatoms. The third kappa shape index (κ3) is 5.59. The number of amides is 1. The van der Waals surface area contributed by atoms with Gasteiger partial charge in [0, 0.05) is 16.6 Å². The molecule has 0 fully saturated rings. The molecule has 1 amide bonds. The second-order valence-corrected chi connectivity index (χ2v) is 6.02. The van der Waals surface area contributed by atoms with Gasteiger partial charge in [0.2, 0.25) is 0 Å². The van der Waals surface area contributed by atoms with Crippen molar-refractivity contribution in [1.82, 2.24) is 5.32 Å². The van der Waals surface area contributed by atoms with E-state index in [2.05, 4.69) is 5.32 Å². The molecule has 0 radical (unpaired) electrons. The van der Waals surface area contributed by atoms with E-state index in [0.717, 1.165) is 0 Å². The van der Waals surface area contributed by atoms with Crippen molar-refractivity contribution >= 4 is 40.7 Å². The molecule has 122 valence electrons. The Bertz CT molecular complexity index is 674. The zero-order valence-corrected chi connectivity index (χ0v) is 14.2. The van der Waals surface area contributed by atoms with E-state index in [1.54, 1.807) is 42.5 Å². The number of carbonyl (C=O) groups excluding carboxylic acids is 1. The Balaban J connectivity index is 1.83. The topological polar surface area (TPSA) is 58.6 Å². The van der Waals surface area contributed by atoms with Gasteiger partial charge in [-0.15, -0.1) is 0 Å². The third-order valence-corrected chi connectivity index (χ3v) is 3.71. The molecule has 0 saturated carbocycles. The van der Waals surface area contributed by atoms with Gasteiger partial charge >= 0.3 is 0 Å². The summed E-state index contributed by atoms with van der Waals surface area (Å²) in [5.74, 6) is 0.0450. The minimum Gasteiger partial charge on any atom is -0.482 e. The molecule has 1 unspecified atom stereocenters. The van der Waals surface area contributed by atoms with Crippen LogP contribution < -0.4 is 10.1 Å². The zero-order chi connectivity index (χ0) is 16.8. The number of ether oxygens (including phenoxy) is 1. The summed E-state index contributed by atoms with van der Waals surface area (Å²) in [5.41, 5.74) is 0.523. The van der Waals surface area contributed by atoms with E-state index in [1.807, 2.05) is 0 Å². The van der Waals surface area contributed by atoms with Crippen LogP contribution in [0, 0.1) is 0 Å². The number of aliphatic hydroxyl groups is 1. The average Bonchev–Trinajstić information content (AvgIpc) is 2.51. The van der Waals surface area contributed by atoms with Crippen molar-refractivity contribution < 1.29 is 14.6 Å². The number of carbonyl (C=O) groups is 1. The maximum Gasteiger partial charge on any atom is 0.258 e. The summed E-state index contributed by atoms with van der Waals surface area (Å²) in [6.07, 6.45) is -0.921. The Hall–Kier alpha value is -1.46. The summed E-state index contributed by atoms with van der Waals surface area (Å²) in [7, 11) is 0. The molecule has 23 heavy (non-hydrogen) atoms. The Morgan fingerprint density at radius 1 is 1.13 bits per heavy atom. The molecule has 2 N–H and O–H groups in total. The van der Waals surface area contributed by atoms with E-state index in [-0.39, 0.29) is 19.1 Å². The standard InChI is InChI=1S/C16H14Cl3NO3/c17-11-5-10(6-12(18)7-11)14(21)8-20-16(22)9-23-15-4-2-1-3-13(15)19/h1-7,14,21H,8-9H2,(H,20,22). The van der Waals surface area contributed by atoms with E-state index in [4.69, 9.17) is 39.5 Å². The second kappa shape index (κ2) is 8.41. The highest BCUT2D eigenvalue weighted by Crippen LogP contribution is 2.24. The van der Waals surface area contributed by atoms with Gasteiger partial charge in [0.05, 0.1) is 11.1 Å². The number of halogens is 3. The molecule has 0 aliphatic heterocycles. The van der Waals surface area contributed by atoms with Crippen molar-refractivity contribution in [3.8, 4) is 5.75 Å². The molecule has 0 spiro atoms. The Labute approximate surface area is 148 Å². The number of hydrogen-bond donors (Lipinski definition) is 2. The molecule has 2 rings (SSSR count). The molecular formula is C16H14Cl3NO3. The van der Waals surface area contributed by atoms with Crippen LogP contribution in [0.4, 0.5) is 0 Å². The first-order valence-electron chi connectivity index (χ1n) is 6.74. The second-order valence-electron chi connectivity index (χ2n) is 4.74. The fourth-order valence-electron chi connectivity index (χ4n) is 1.85. The number of nitrogens with one attached hydrogen (secondary N) is 1. The van der Waals surface area contributed by atoms with Gasteiger partial charge in [-0.3, -0.25) is 4.79 Å². The van der Waals surface area contributed by atoms with Crippen molar-refractivity contribution in [2.24, 2.45) is 0 Å². The summed E-state index contributed by atoms with van der Waals surface area (Å²) < 4.78 is 5.31. The number of hydrogen-bond acceptors (Lipinski definition) is 3. The number of rotatable bonds is 6. The first-order chi connectivity index (χ1) is 11.0. The molecule has 4 nitrogen and oxygen atoms in total. The normalized spacial score (nSPS) is 11.8. The van der Waals surface area contributed by atoms with Crippen molar-refractivity contribution in [3.05, 3.63) is 63.1 Å². The Morgan fingerprint density at radius 3 is 2.43 bits per heavy atom. The fourth-order valence-corrected chi connectivity index (χ4v) is 2.59. The molecule has 1 atom stereocenters. The minimum absolute atomic E-state index is 0.0153. The highest BCUT2D eigenvalue weighted by Gasteiger charge is 2.12. The van der Waals surface area contributed by atoms with E-state index in [0.29, 0.717) is 26.4 Å². The molecule has 0 heterocycles. The lowest BCUT2D eigenvalue weighted by Gasteiger charge is -2.13. The number of para-hydroxylation sites is 1. The largest absolute Gasteiger partial charge is 0.482 e. The third-order valence-electron chi connectivity index (χ3n) is 2.96.